The summed E-state index contributed by atoms with van der Waals surface area (Å²) in [6.45, 7) is 0. The van der Waals surface area contributed by atoms with Gasteiger partial charge in [-0.25, -0.2) is 0 Å². The molecule has 3 rings (SSSR count). The molecule has 1 aromatic heterocycles. The molecule has 0 fully saturated rings. The van der Waals surface area contributed by atoms with Crippen molar-refractivity contribution >= 4 is 39.5 Å². The minimum atomic E-state index is -0.209. The normalized spacial score (nSPS) is 10.7. The van der Waals surface area contributed by atoms with Crippen LogP contribution in [0.5, 0.6) is 5.75 Å². The van der Waals surface area contributed by atoms with Gasteiger partial charge in [-0.3, -0.25) is 4.79 Å². The van der Waals surface area contributed by atoms with Crippen molar-refractivity contribution in [3.8, 4) is 5.75 Å². The summed E-state index contributed by atoms with van der Waals surface area (Å²) < 4.78 is 7.38. The van der Waals surface area contributed by atoms with E-state index < -0.39 is 0 Å². The van der Waals surface area contributed by atoms with Crippen LogP contribution in [0.25, 0.3) is 11.0 Å². The number of aromatic nitrogens is 3. The van der Waals surface area contributed by atoms with Crippen LogP contribution in [0.4, 0.5) is 0 Å². The van der Waals surface area contributed by atoms with E-state index in [9.17, 15) is 4.79 Å². The molecule has 6 heteroatoms. The van der Waals surface area contributed by atoms with Crippen molar-refractivity contribution in [1.82, 2.24) is 15.0 Å². The molecule has 5 nitrogen and oxygen atoms in total. The molecule has 0 radical (unpaired) electrons. The summed E-state index contributed by atoms with van der Waals surface area (Å²) in [7, 11) is 1.60. The molecule has 100 valence electrons. The third-order valence-corrected chi connectivity index (χ3v) is 3.79. The van der Waals surface area contributed by atoms with Crippen LogP contribution >= 0.6 is 22.6 Å². The number of carbonyl (C=O) groups is 1. The van der Waals surface area contributed by atoms with Crippen LogP contribution in [0.15, 0.2) is 42.5 Å². The van der Waals surface area contributed by atoms with Gasteiger partial charge in [0.05, 0.1) is 16.2 Å². The minimum absolute atomic E-state index is 0.209. The van der Waals surface area contributed by atoms with Crippen LogP contribution in [-0.4, -0.2) is 28.0 Å². The third-order valence-electron chi connectivity index (χ3n) is 2.94. The van der Waals surface area contributed by atoms with Crippen molar-refractivity contribution in [2.45, 2.75) is 0 Å². The number of nitrogens with zero attached hydrogens (tertiary/aromatic N) is 3. The first-order valence-corrected chi connectivity index (χ1v) is 6.97. The van der Waals surface area contributed by atoms with E-state index in [4.69, 9.17) is 4.74 Å². The molecule has 0 atom stereocenters. The Bertz CT molecular complexity index is 798. The van der Waals surface area contributed by atoms with Gasteiger partial charge in [0.25, 0.3) is 5.91 Å². The van der Waals surface area contributed by atoms with E-state index in [0.717, 1.165) is 9.32 Å². The standard InChI is InChI=1S/C14H10IN3O2/c1-20-13-7-6-9(8-10(13)15)14(19)18-12-5-3-2-4-11(12)16-17-18/h2-8H,1H3. The number of hydrogen-bond donors (Lipinski definition) is 0. The number of methoxy groups -OCH3 is 1. The van der Waals surface area contributed by atoms with Crippen LogP contribution in [-0.2, 0) is 0 Å². The first-order valence-electron chi connectivity index (χ1n) is 5.89. The fourth-order valence-electron chi connectivity index (χ4n) is 1.94. The van der Waals surface area contributed by atoms with Gasteiger partial charge in [0.15, 0.2) is 0 Å². The van der Waals surface area contributed by atoms with Gasteiger partial charge in [0, 0.05) is 5.56 Å². The van der Waals surface area contributed by atoms with E-state index >= 15 is 0 Å². The number of rotatable bonds is 2. The van der Waals surface area contributed by atoms with E-state index in [-0.39, 0.29) is 5.91 Å². The molecule has 0 saturated carbocycles. The first kappa shape index (κ1) is 13.0. The zero-order chi connectivity index (χ0) is 14.1. The maximum Gasteiger partial charge on any atom is 0.280 e. The maximum atomic E-state index is 12.5. The minimum Gasteiger partial charge on any atom is -0.496 e. The lowest BCUT2D eigenvalue weighted by Gasteiger charge is -2.05. The molecule has 2 aromatic carbocycles. The summed E-state index contributed by atoms with van der Waals surface area (Å²) in [5.41, 5.74) is 1.94. The van der Waals surface area contributed by atoms with E-state index in [1.54, 1.807) is 25.3 Å². The molecule has 0 amide bonds. The zero-order valence-electron chi connectivity index (χ0n) is 10.6. The van der Waals surface area contributed by atoms with Crippen LogP contribution < -0.4 is 4.74 Å². The van der Waals surface area contributed by atoms with Gasteiger partial charge in [0.2, 0.25) is 0 Å². The zero-order valence-corrected chi connectivity index (χ0v) is 12.7. The van der Waals surface area contributed by atoms with Crippen LogP contribution in [0.1, 0.15) is 10.4 Å². The van der Waals surface area contributed by atoms with Crippen molar-refractivity contribution in [2.75, 3.05) is 7.11 Å². The predicted molar refractivity (Wildman–Crippen MR) is 83.0 cm³/mol. The number of benzene rings is 2. The van der Waals surface area contributed by atoms with E-state index in [1.807, 2.05) is 24.3 Å². The molecule has 0 bridgehead atoms. The molecule has 0 spiro atoms. The smallest absolute Gasteiger partial charge is 0.280 e. The number of halogens is 1. The van der Waals surface area contributed by atoms with Gasteiger partial charge in [-0.05, 0) is 52.9 Å². The molecule has 0 unspecified atom stereocenters. The topological polar surface area (TPSA) is 57.0 Å². The van der Waals surface area contributed by atoms with Gasteiger partial charge in [-0.1, -0.05) is 17.3 Å². The number of carbonyl (C=O) groups excluding carboxylic acids is 1. The van der Waals surface area contributed by atoms with Gasteiger partial charge in [-0.2, -0.15) is 4.68 Å². The molecular formula is C14H10IN3O2. The first-order chi connectivity index (χ1) is 9.70. The number of ether oxygens (including phenoxy) is 1. The Morgan fingerprint density at radius 2 is 2.05 bits per heavy atom. The monoisotopic (exact) mass is 379 g/mol. The lowest BCUT2D eigenvalue weighted by molar-refractivity contribution is 0.0948. The average Bonchev–Trinajstić information content (AvgIpc) is 2.90. The van der Waals surface area contributed by atoms with E-state index in [0.29, 0.717) is 16.6 Å². The summed E-state index contributed by atoms with van der Waals surface area (Å²) >= 11 is 2.13. The summed E-state index contributed by atoms with van der Waals surface area (Å²) in [5, 5.41) is 7.91. The van der Waals surface area contributed by atoms with Crippen molar-refractivity contribution < 1.29 is 9.53 Å². The molecule has 1 heterocycles. The molecule has 0 aliphatic carbocycles. The highest BCUT2D eigenvalue weighted by Gasteiger charge is 2.15. The van der Waals surface area contributed by atoms with Crippen molar-refractivity contribution in [1.29, 1.82) is 0 Å². The predicted octanol–water partition coefficient (Wildman–Crippen LogP) is 2.73. The molecule has 3 aromatic rings. The van der Waals surface area contributed by atoms with Crippen molar-refractivity contribution in [2.24, 2.45) is 0 Å². The third kappa shape index (κ3) is 2.15. The Morgan fingerprint density at radius 1 is 1.25 bits per heavy atom. The highest BCUT2D eigenvalue weighted by atomic mass is 127. The molecule has 20 heavy (non-hydrogen) atoms. The Kier molecular flexibility index (Phi) is 3.39. The second-order valence-electron chi connectivity index (χ2n) is 4.14. The summed E-state index contributed by atoms with van der Waals surface area (Å²) in [6, 6.07) is 12.6. The SMILES string of the molecule is COc1ccc(C(=O)n2nnc3ccccc32)cc1I. The molecule has 0 aliphatic rings. The van der Waals surface area contributed by atoms with Crippen LogP contribution in [0.3, 0.4) is 0 Å². The number of fused-ring (bicyclic) bond motifs is 1. The fourth-order valence-corrected chi connectivity index (χ4v) is 2.68. The largest absolute Gasteiger partial charge is 0.496 e. The van der Waals surface area contributed by atoms with Crippen LogP contribution in [0.2, 0.25) is 0 Å². The van der Waals surface area contributed by atoms with Crippen molar-refractivity contribution in [3.05, 3.63) is 51.6 Å². The lowest BCUT2D eigenvalue weighted by atomic mass is 10.2. The van der Waals surface area contributed by atoms with Gasteiger partial charge in [0.1, 0.15) is 11.3 Å². The van der Waals surface area contributed by atoms with E-state index in [2.05, 4.69) is 32.9 Å². The second kappa shape index (κ2) is 5.20. The molecule has 0 aliphatic heterocycles. The highest BCUT2D eigenvalue weighted by molar-refractivity contribution is 14.1. The highest BCUT2D eigenvalue weighted by Crippen LogP contribution is 2.22. The maximum absolute atomic E-state index is 12.5. The second-order valence-corrected chi connectivity index (χ2v) is 5.31. The van der Waals surface area contributed by atoms with Gasteiger partial charge >= 0.3 is 0 Å². The van der Waals surface area contributed by atoms with Crippen LogP contribution in [0, 0.1) is 3.57 Å². The van der Waals surface area contributed by atoms with Gasteiger partial charge < -0.3 is 4.74 Å². The summed E-state index contributed by atoms with van der Waals surface area (Å²) in [6.07, 6.45) is 0. The Hall–Kier alpha value is -1.96. The Balaban J connectivity index is 2.06. The molecule has 0 N–H and O–H groups in total. The summed E-state index contributed by atoms with van der Waals surface area (Å²) in [4.78, 5) is 12.5. The summed E-state index contributed by atoms with van der Waals surface area (Å²) in [5.74, 6) is 0.532. The fraction of sp³-hybridized carbons (Fsp3) is 0.0714. The van der Waals surface area contributed by atoms with Gasteiger partial charge in [-0.15, -0.1) is 5.10 Å². The van der Waals surface area contributed by atoms with Crippen molar-refractivity contribution in [3.63, 3.8) is 0 Å². The Morgan fingerprint density at radius 3 is 2.80 bits per heavy atom. The molecule has 0 saturated heterocycles. The quantitative estimate of drug-likeness (QED) is 0.643. The average molecular weight is 379 g/mol. The number of para-hydroxylation sites is 1. The molecular weight excluding hydrogens is 369 g/mol. The Labute approximate surface area is 128 Å². The van der Waals surface area contributed by atoms with E-state index in [1.165, 1.54) is 4.68 Å². The number of hydrogen-bond acceptors (Lipinski definition) is 4. The lowest BCUT2D eigenvalue weighted by Crippen LogP contribution is -2.14.